The normalized spacial score (nSPS) is 18.0. The van der Waals surface area contributed by atoms with Crippen LogP contribution < -0.4 is 18.9 Å². The van der Waals surface area contributed by atoms with Crippen molar-refractivity contribution in [2.75, 3.05) is 13.9 Å². The lowest BCUT2D eigenvalue weighted by molar-refractivity contribution is -0.161. The number of pyridine rings is 1. The number of hydrogen-bond donors (Lipinski definition) is 0. The van der Waals surface area contributed by atoms with E-state index in [-0.39, 0.29) is 18.9 Å². The van der Waals surface area contributed by atoms with Gasteiger partial charge in [-0.25, -0.2) is 4.98 Å². The van der Waals surface area contributed by atoms with E-state index in [1.807, 2.05) is 26.0 Å². The maximum absolute atomic E-state index is 11.4. The minimum absolute atomic E-state index is 0.165. The lowest BCUT2D eigenvalue weighted by Gasteiger charge is -2.29. The van der Waals surface area contributed by atoms with Gasteiger partial charge in [-0.05, 0) is 26.0 Å². The van der Waals surface area contributed by atoms with Crippen molar-refractivity contribution in [3.63, 3.8) is 0 Å². The predicted octanol–water partition coefficient (Wildman–Crippen LogP) is 2.62. The van der Waals surface area contributed by atoms with Gasteiger partial charge in [0.1, 0.15) is 23.0 Å². The second-order valence-corrected chi connectivity index (χ2v) is 6.63. The molecule has 2 aliphatic heterocycles. The fraction of sp³-hybridized carbons (Fsp3) is 0.444. The first kappa shape index (κ1) is 15.8. The van der Waals surface area contributed by atoms with Crippen molar-refractivity contribution in [3.8, 4) is 23.1 Å². The highest BCUT2D eigenvalue weighted by atomic mass is 16.7. The van der Waals surface area contributed by atoms with Crippen LogP contribution in [0.5, 0.6) is 23.1 Å². The molecule has 25 heavy (non-hydrogen) atoms. The van der Waals surface area contributed by atoms with Gasteiger partial charge in [0.25, 0.3) is 0 Å². The summed E-state index contributed by atoms with van der Waals surface area (Å²) in [6, 6.07) is 3.75. The van der Waals surface area contributed by atoms with Crippen LogP contribution in [-0.2, 0) is 16.0 Å². The number of carbonyl (C=O) groups excluding carboxylic acids is 1. The number of fused-ring (bicyclic) bond motifs is 4. The molecule has 132 valence electrons. The molecule has 0 saturated heterocycles. The van der Waals surface area contributed by atoms with Crippen LogP contribution in [-0.4, -0.2) is 36.6 Å². The van der Waals surface area contributed by atoms with Crippen molar-refractivity contribution >= 4 is 16.9 Å². The maximum Gasteiger partial charge on any atom is 0.303 e. The third kappa shape index (κ3) is 2.42. The number of rotatable bonds is 3. The Hall–Kier alpha value is -2.70. The SMILES string of the molecule is COc1c2c(nc3c4c(ccc13)OCO4)O[C@H](C(C)(C)OC(C)=O)C2. The van der Waals surface area contributed by atoms with E-state index in [9.17, 15) is 4.79 Å². The molecule has 7 heteroatoms. The minimum Gasteiger partial charge on any atom is -0.496 e. The number of aromatic nitrogens is 1. The van der Waals surface area contributed by atoms with Gasteiger partial charge in [-0.15, -0.1) is 0 Å². The fourth-order valence-corrected chi connectivity index (χ4v) is 3.38. The highest BCUT2D eigenvalue weighted by Crippen LogP contribution is 2.47. The largest absolute Gasteiger partial charge is 0.496 e. The molecular formula is C18H19NO6. The average molecular weight is 345 g/mol. The Bertz CT molecular complexity index is 876. The quantitative estimate of drug-likeness (QED) is 0.792. The number of ether oxygens (including phenoxy) is 5. The molecule has 2 aromatic rings. The van der Waals surface area contributed by atoms with E-state index in [2.05, 4.69) is 4.98 Å². The summed E-state index contributed by atoms with van der Waals surface area (Å²) in [6.07, 6.45) is 0.186. The first-order valence-electron chi connectivity index (χ1n) is 8.06. The molecule has 0 spiro atoms. The zero-order valence-corrected chi connectivity index (χ0v) is 14.5. The average Bonchev–Trinajstić information content (AvgIpc) is 3.17. The zero-order chi connectivity index (χ0) is 17.8. The molecule has 4 rings (SSSR count). The molecule has 0 N–H and O–H groups in total. The van der Waals surface area contributed by atoms with E-state index in [0.29, 0.717) is 35.1 Å². The van der Waals surface area contributed by atoms with E-state index in [0.717, 1.165) is 10.9 Å². The van der Waals surface area contributed by atoms with Gasteiger partial charge in [0.05, 0.1) is 12.7 Å². The number of esters is 1. The Kier molecular flexibility index (Phi) is 3.42. The van der Waals surface area contributed by atoms with Crippen LogP contribution in [0.25, 0.3) is 10.9 Å². The van der Waals surface area contributed by atoms with Gasteiger partial charge >= 0.3 is 5.97 Å². The van der Waals surface area contributed by atoms with Gasteiger partial charge in [-0.1, -0.05) is 0 Å². The summed E-state index contributed by atoms with van der Waals surface area (Å²) in [7, 11) is 1.62. The van der Waals surface area contributed by atoms with Crippen molar-refractivity contribution in [1.82, 2.24) is 4.98 Å². The van der Waals surface area contributed by atoms with E-state index in [4.69, 9.17) is 23.7 Å². The summed E-state index contributed by atoms with van der Waals surface area (Å²) >= 11 is 0. The Balaban J connectivity index is 1.81. The molecule has 7 nitrogen and oxygen atoms in total. The van der Waals surface area contributed by atoms with Crippen LogP contribution in [0.1, 0.15) is 26.3 Å². The number of carbonyl (C=O) groups is 1. The lowest BCUT2D eigenvalue weighted by atomic mass is 9.96. The molecule has 0 bridgehead atoms. The van der Waals surface area contributed by atoms with E-state index < -0.39 is 5.60 Å². The van der Waals surface area contributed by atoms with Crippen molar-refractivity contribution in [3.05, 3.63) is 17.7 Å². The second-order valence-electron chi connectivity index (χ2n) is 6.63. The molecule has 0 radical (unpaired) electrons. The Morgan fingerprint density at radius 3 is 2.84 bits per heavy atom. The monoisotopic (exact) mass is 345 g/mol. The third-order valence-corrected chi connectivity index (χ3v) is 4.53. The van der Waals surface area contributed by atoms with Crippen LogP contribution in [0.3, 0.4) is 0 Å². The molecule has 1 aromatic carbocycles. The molecule has 0 unspecified atom stereocenters. The minimum atomic E-state index is -0.786. The Morgan fingerprint density at radius 2 is 2.12 bits per heavy atom. The summed E-state index contributed by atoms with van der Waals surface area (Å²) in [5.41, 5.74) is 0.710. The summed E-state index contributed by atoms with van der Waals surface area (Å²) in [5.74, 6) is 2.05. The topological polar surface area (TPSA) is 76.1 Å². The summed E-state index contributed by atoms with van der Waals surface area (Å²) < 4.78 is 28.1. The van der Waals surface area contributed by atoms with Crippen molar-refractivity contribution in [2.45, 2.75) is 38.9 Å². The van der Waals surface area contributed by atoms with Gasteiger partial charge in [0.15, 0.2) is 11.5 Å². The van der Waals surface area contributed by atoms with Crippen LogP contribution in [0.15, 0.2) is 12.1 Å². The third-order valence-electron chi connectivity index (χ3n) is 4.53. The molecule has 3 heterocycles. The number of methoxy groups -OCH3 is 1. The molecule has 0 aliphatic carbocycles. The molecule has 1 atom stereocenters. The van der Waals surface area contributed by atoms with Crippen LogP contribution in [0.4, 0.5) is 0 Å². The van der Waals surface area contributed by atoms with E-state index in [1.165, 1.54) is 6.92 Å². The maximum atomic E-state index is 11.4. The fourth-order valence-electron chi connectivity index (χ4n) is 3.38. The zero-order valence-electron chi connectivity index (χ0n) is 14.5. The molecule has 0 fully saturated rings. The van der Waals surface area contributed by atoms with Gasteiger partial charge in [-0.3, -0.25) is 4.79 Å². The summed E-state index contributed by atoms with van der Waals surface area (Å²) in [5, 5.41) is 0.833. The highest BCUT2D eigenvalue weighted by molar-refractivity contribution is 5.94. The molecule has 0 amide bonds. The van der Waals surface area contributed by atoms with Crippen molar-refractivity contribution < 1.29 is 28.5 Å². The standard InChI is InChI=1S/C18H19NO6/c1-9(20)25-18(2,3)13-7-11-15(21-4)10-5-6-12-16(23-8-22-12)14(10)19-17(11)24-13/h5-6,13H,7-8H2,1-4H3/t13-/m0/s1. The van der Waals surface area contributed by atoms with E-state index >= 15 is 0 Å². The number of hydrogen-bond acceptors (Lipinski definition) is 7. The van der Waals surface area contributed by atoms with Gasteiger partial charge in [0.2, 0.25) is 12.7 Å². The van der Waals surface area contributed by atoms with Gasteiger partial charge in [0, 0.05) is 18.7 Å². The molecule has 0 saturated carbocycles. The smallest absolute Gasteiger partial charge is 0.303 e. The lowest BCUT2D eigenvalue weighted by Crippen LogP contribution is -2.43. The predicted molar refractivity (Wildman–Crippen MR) is 88.4 cm³/mol. The van der Waals surface area contributed by atoms with Crippen molar-refractivity contribution in [2.24, 2.45) is 0 Å². The second kappa shape index (κ2) is 5.40. The highest BCUT2D eigenvalue weighted by Gasteiger charge is 2.42. The summed E-state index contributed by atoms with van der Waals surface area (Å²) in [6.45, 7) is 5.20. The van der Waals surface area contributed by atoms with Crippen LogP contribution in [0, 0.1) is 0 Å². The Morgan fingerprint density at radius 1 is 1.32 bits per heavy atom. The first-order valence-corrected chi connectivity index (χ1v) is 8.06. The molecule has 1 aromatic heterocycles. The van der Waals surface area contributed by atoms with Gasteiger partial charge in [-0.2, -0.15) is 0 Å². The van der Waals surface area contributed by atoms with Gasteiger partial charge < -0.3 is 23.7 Å². The molecule has 2 aliphatic rings. The van der Waals surface area contributed by atoms with Crippen LogP contribution >= 0.6 is 0 Å². The van der Waals surface area contributed by atoms with Crippen molar-refractivity contribution in [1.29, 1.82) is 0 Å². The van der Waals surface area contributed by atoms with E-state index in [1.54, 1.807) is 7.11 Å². The summed E-state index contributed by atoms with van der Waals surface area (Å²) in [4.78, 5) is 16.0. The molecular weight excluding hydrogens is 326 g/mol. The first-order chi connectivity index (χ1) is 11.9. The van der Waals surface area contributed by atoms with Crippen LogP contribution in [0.2, 0.25) is 0 Å². The number of benzene rings is 1. The number of nitrogens with zero attached hydrogens (tertiary/aromatic N) is 1. The Labute approximate surface area is 144 Å².